The Balaban J connectivity index is 1.31. The molecule has 0 radical (unpaired) electrons. The van der Waals surface area contributed by atoms with Crippen LogP contribution >= 0.6 is 0 Å². The van der Waals surface area contributed by atoms with Gasteiger partial charge in [-0.25, -0.2) is 0 Å². The minimum absolute atomic E-state index is 0.0545. The highest BCUT2D eigenvalue weighted by Gasteiger charge is 2.33. The Morgan fingerprint density at radius 2 is 1.75 bits per heavy atom. The number of nitrogens with zero attached hydrogens (tertiary/aromatic N) is 6. The lowest BCUT2D eigenvalue weighted by Gasteiger charge is -2.36. The lowest BCUT2D eigenvalue weighted by atomic mass is 10.0. The molecule has 0 bridgehead atoms. The van der Waals surface area contributed by atoms with Gasteiger partial charge in [0.2, 0.25) is 0 Å². The molecule has 36 heavy (non-hydrogen) atoms. The first-order chi connectivity index (χ1) is 17.4. The number of carbonyl (C=O) groups is 2. The number of rotatable bonds is 6. The summed E-state index contributed by atoms with van der Waals surface area (Å²) >= 11 is 0. The third-order valence-electron chi connectivity index (χ3n) is 7.00. The van der Waals surface area contributed by atoms with E-state index in [0.717, 1.165) is 36.5 Å². The first-order valence-corrected chi connectivity index (χ1v) is 12.9. The number of para-hydroxylation sites is 1. The fourth-order valence-electron chi connectivity index (χ4n) is 5.13. The van der Waals surface area contributed by atoms with E-state index in [9.17, 15) is 9.59 Å². The van der Waals surface area contributed by atoms with Crippen LogP contribution in [0, 0.1) is 5.92 Å². The number of piperazine rings is 1. The first-order valence-electron chi connectivity index (χ1n) is 12.9. The van der Waals surface area contributed by atoms with Gasteiger partial charge in [0.1, 0.15) is 5.76 Å². The van der Waals surface area contributed by atoms with Crippen LogP contribution < -0.4 is 4.90 Å². The van der Waals surface area contributed by atoms with Gasteiger partial charge in [-0.05, 0) is 25.0 Å². The molecule has 0 N–H and O–H groups in total. The number of anilines is 1. The summed E-state index contributed by atoms with van der Waals surface area (Å²) in [5.74, 6) is 0.913. The highest BCUT2D eigenvalue weighted by atomic mass is 16.5. The van der Waals surface area contributed by atoms with Crippen LogP contribution in [0.2, 0.25) is 0 Å². The smallest absolute Gasteiger partial charge is 0.276 e. The monoisotopic (exact) mass is 490 g/mol. The van der Waals surface area contributed by atoms with Gasteiger partial charge in [0.25, 0.3) is 11.8 Å². The van der Waals surface area contributed by atoms with Crippen LogP contribution in [-0.2, 0) is 25.9 Å². The second-order valence-electron chi connectivity index (χ2n) is 9.96. The van der Waals surface area contributed by atoms with Crippen molar-refractivity contribution in [3.8, 4) is 0 Å². The number of fused-ring (bicyclic) bond motifs is 1. The van der Waals surface area contributed by atoms with E-state index in [1.54, 1.807) is 11.0 Å². The van der Waals surface area contributed by atoms with Gasteiger partial charge >= 0.3 is 0 Å². The van der Waals surface area contributed by atoms with Crippen molar-refractivity contribution in [3.05, 3.63) is 64.8 Å². The lowest BCUT2D eigenvalue weighted by Crippen LogP contribution is -2.49. The molecular weight excluding hydrogens is 456 g/mol. The van der Waals surface area contributed by atoms with Crippen molar-refractivity contribution in [2.45, 2.75) is 46.7 Å². The largest absolute Gasteiger partial charge is 0.368 e. The number of aromatic nitrogens is 3. The van der Waals surface area contributed by atoms with Gasteiger partial charge in [-0.3, -0.25) is 14.3 Å². The summed E-state index contributed by atoms with van der Waals surface area (Å²) in [6.45, 7) is 10.7. The summed E-state index contributed by atoms with van der Waals surface area (Å²) in [6, 6.07) is 12.0. The van der Waals surface area contributed by atoms with E-state index < -0.39 is 0 Å². The van der Waals surface area contributed by atoms with Gasteiger partial charge in [-0.1, -0.05) is 37.2 Å². The summed E-state index contributed by atoms with van der Waals surface area (Å²) < 4.78 is 7.30. The van der Waals surface area contributed by atoms with E-state index in [-0.39, 0.29) is 11.8 Å². The van der Waals surface area contributed by atoms with Crippen molar-refractivity contribution in [3.63, 3.8) is 0 Å². The Kier molecular flexibility index (Phi) is 6.80. The Morgan fingerprint density at radius 3 is 2.44 bits per heavy atom. The van der Waals surface area contributed by atoms with Crippen LogP contribution in [0.1, 0.15) is 58.8 Å². The average molecular weight is 491 g/mol. The van der Waals surface area contributed by atoms with Crippen LogP contribution in [0.3, 0.4) is 0 Å². The Hall–Kier alpha value is -3.62. The molecule has 2 amide bonds. The van der Waals surface area contributed by atoms with E-state index in [4.69, 9.17) is 9.62 Å². The highest BCUT2D eigenvalue weighted by Crippen LogP contribution is 2.26. The molecule has 1 fully saturated rings. The van der Waals surface area contributed by atoms with E-state index in [1.165, 1.54) is 5.69 Å². The zero-order valence-corrected chi connectivity index (χ0v) is 21.3. The van der Waals surface area contributed by atoms with Gasteiger partial charge in [0.15, 0.2) is 11.4 Å². The van der Waals surface area contributed by atoms with Gasteiger partial charge in [0.05, 0.1) is 6.54 Å². The zero-order valence-electron chi connectivity index (χ0n) is 21.3. The molecular formula is C27H34N6O3. The quantitative estimate of drug-likeness (QED) is 0.527. The topological polar surface area (TPSA) is 87.7 Å². The van der Waals surface area contributed by atoms with E-state index >= 15 is 0 Å². The average Bonchev–Trinajstić information content (AvgIpc) is 3.52. The Bertz CT molecular complexity index is 1220. The van der Waals surface area contributed by atoms with Crippen molar-refractivity contribution in [2.75, 3.05) is 37.6 Å². The Morgan fingerprint density at radius 1 is 1.00 bits per heavy atom. The third kappa shape index (κ3) is 4.74. The third-order valence-corrected chi connectivity index (χ3v) is 7.00. The van der Waals surface area contributed by atoms with Gasteiger partial charge in [-0.2, -0.15) is 5.10 Å². The lowest BCUT2D eigenvalue weighted by molar-refractivity contribution is 0.0703. The number of amides is 2. The van der Waals surface area contributed by atoms with Crippen LogP contribution in [-0.4, -0.2) is 69.3 Å². The maximum absolute atomic E-state index is 13.6. The molecule has 5 rings (SSSR count). The van der Waals surface area contributed by atoms with Crippen molar-refractivity contribution < 1.29 is 14.1 Å². The molecule has 190 valence electrons. The standard InChI is InChI=1S/C27H34N6O3/c1-4-33-24-10-11-32(26(34)23-17-21(36-29-23)16-19(2)3)18-22(24)25(28-33)27(35)31-14-12-30(13-15-31)20-8-6-5-7-9-20/h5-9,17,19H,4,10-16,18H2,1-3H3. The van der Waals surface area contributed by atoms with E-state index in [2.05, 4.69) is 36.0 Å². The van der Waals surface area contributed by atoms with Crippen LogP contribution in [0.5, 0.6) is 0 Å². The van der Waals surface area contributed by atoms with Gasteiger partial charge in [-0.15, -0.1) is 0 Å². The zero-order chi connectivity index (χ0) is 25.2. The molecule has 0 saturated carbocycles. The molecule has 2 aliphatic heterocycles. The predicted octanol–water partition coefficient (Wildman–Crippen LogP) is 3.25. The second kappa shape index (κ2) is 10.2. The fraction of sp³-hybridized carbons (Fsp3) is 0.481. The summed E-state index contributed by atoms with van der Waals surface area (Å²) in [6.07, 6.45) is 1.40. The van der Waals surface area contributed by atoms with Gasteiger partial charge < -0.3 is 19.2 Å². The molecule has 0 aliphatic carbocycles. The maximum Gasteiger partial charge on any atom is 0.276 e. The summed E-state index contributed by atoms with van der Waals surface area (Å²) in [5.41, 5.74) is 3.88. The van der Waals surface area contributed by atoms with Crippen LogP contribution in [0.25, 0.3) is 0 Å². The SMILES string of the molecule is CCn1nc(C(=O)N2CCN(c3ccccc3)CC2)c2c1CCN(C(=O)c1cc(CC(C)C)on1)C2. The predicted molar refractivity (Wildman–Crippen MR) is 136 cm³/mol. The second-order valence-corrected chi connectivity index (χ2v) is 9.96. The van der Waals surface area contributed by atoms with Crippen molar-refractivity contribution >= 4 is 17.5 Å². The number of carbonyl (C=O) groups excluding carboxylic acids is 2. The number of aryl methyl sites for hydroxylation is 1. The molecule has 2 aromatic heterocycles. The number of benzene rings is 1. The van der Waals surface area contributed by atoms with Crippen molar-refractivity contribution in [1.82, 2.24) is 24.7 Å². The summed E-state index contributed by atoms with van der Waals surface area (Å²) in [4.78, 5) is 32.8. The molecule has 1 saturated heterocycles. The minimum Gasteiger partial charge on any atom is -0.368 e. The van der Waals surface area contributed by atoms with Gasteiger partial charge in [0, 0.05) is 75.1 Å². The van der Waals surface area contributed by atoms with Crippen molar-refractivity contribution in [1.29, 1.82) is 0 Å². The number of hydrogen-bond donors (Lipinski definition) is 0. The molecule has 0 spiro atoms. The minimum atomic E-state index is -0.168. The Labute approximate surface area is 211 Å². The molecule has 4 heterocycles. The van der Waals surface area contributed by atoms with E-state index in [1.807, 2.05) is 34.7 Å². The van der Waals surface area contributed by atoms with Crippen LogP contribution in [0.15, 0.2) is 40.9 Å². The fourth-order valence-corrected chi connectivity index (χ4v) is 5.13. The molecule has 0 unspecified atom stereocenters. The molecule has 0 atom stereocenters. The molecule has 2 aliphatic rings. The summed E-state index contributed by atoms with van der Waals surface area (Å²) in [7, 11) is 0. The van der Waals surface area contributed by atoms with Crippen LogP contribution in [0.4, 0.5) is 5.69 Å². The molecule has 3 aromatic rings. The highest BCUT2D eigenvalue weighted by molar-refractivity contribution is 5.95. The molecule has 1 aromatic carbocycles. The maximum atomic E-state index is 13.6. The molecule has 9 nitrogen and oxygen atoms in total. The number of hydrogen-bond acceptors (Lipinski definition) is 6. The van der Waals surface area contributed by atoms with Crippen molar-refractivity contribution in [2.24, 2.45) is 5.92 Å². The first kappa shape index (κ1) is 24.1. The van der Waals surface area contributed by atoms with E-state index in [0.29, 0.717) is 56.5 Å². The molecule has 9 heteroatoms. The normalized spacial score (nSPS) is 15.9. The summed E-state index contributed by atoms with van der Waals surface area (Å²) in [5, 5.41) is 8.72.